The lowest BCUT2D eigenvalue weighted by molar-refractivity contribution is -0.136. The van der Waals surface area contributed by atoms with Gasteiger partial charge in [0.1, 0.15) is 5.41 Å². The summed E-state index contributed by atoms with van der Waals surface area (Å²) in [5.41, 5.74) is -0.891. The summed E-state index contributed by atoms with van der Waals surface area (Å²) < 4.78 is 0. The van der Waals surface area contributed by atoms with Gasteiger partial charge >= 0.3 is 0 Å². The van der Waals surface area contributed by atoms with Crippen molar-refractivity contribution in [3.05, 3.63) is 12.7 Å². The molecule has 0 aliphatic heterocycles. The summed E-state index contributed by atoms with van der Waals surface area (Å²) in [5.74, 6) is -0.141. The first kappa shape index (κ1) is 11.7. The molecule has 0 radical (unpaired) electrons. The number of hydrogen-bond donors (Lipinski definition) is 0. The number of nitriles is 1. The highest BCUT2D eigenvalue weighted by Gasteiger charge is 2.33. The average molecular weight is 180 g/mol. The molecule has 1 unspecified atom stereocenters. The van der Waals surface area contributed by atoms with Gasteiger partial charge in [-0.3, -0.25) is 4.79 Å². The predicted octanol–water partition coefficient (Wildman–Crippen LogP) is 1.57. The van der Waals surface area contributed by atoms with Gasteiger partial charge in [-0.25, -0.2) is 0 Å². The minimum Gasteiger partial charge on any atom is -0.341 e. The van der Waals surface area contributed by atoms with E-state index in [-0.39, 0.29) is 5.91 Å². The van der Waals surface area contributed by atoms with Crippen molar-refractivity contribution in [2.24, 2.45) is 5.41 Å². The molecule has 0 aliphatic carbocycles. The minimum atomic E-state index is -0.891. The number of amides is 1. The SMILES string of the molecule is C=CCN(C)C(=O)C(C)(C#N)CC. The molecule has 0 bridgehead atoms. The van der Waals surface area contributed by atoms with Gasteiger partial charge in [-0.15, -0.1) is 6.58 Å². The summed E-state index contributed by atoms with van der Waals surface area (Å²) in [6, 6.07) is 2.04. The van der Waals surface area contributed by atoms with Crippen LogP contribution < -0.4 is 0 Å². The van der Waals surface area contributed by atoms with E-state index in [0.717, 1.165) is 0 Å². The average Bonchev–Trinajstić information content (AvgIpc) is 2.16. The fraction of sp³-hybridized carbons (Fsp3) is 0.600. The van der Waals surface area contributed by atoms with Gasteiger partial charge in [0.25, 0.3) is 0 Å². The molecule has 0 rings (SSSR count). The van der Waals surface area contributed by atoms with Crippen LogP contribution in [0, 0.1) is 16.7 Å². The molecular formula is C10H16N2O. The van der Waals surface area contributed by atoms with E-state index in [9.17, 15) is 4.79 Å². The van der Waals surface area contributed by atoms with Gasteiger partial charge in [0.2, 0.25) is 5.91 Å². The molecule has 0 aromatic rings. The first-order valence-electron chi connectivity index (χ1n) is 4.29. The van der Waals surface area contributed by atoms with Gasteiger partial charge in [-0.05, 0) is 13.3 Å². The van der Waals surface area contributed by atoms with Crippen molar-refractivity contribution in [2.75, 3.05) is 13.6 Å². The highest BCUT2D eigenvalue weighted by molar-refractivity contribution is 5.84. The number of carbonyl (C=O) groups is 1. The second-order valence-corrected chi connectivity index (χ2v) is 3.27. The van der Waals surface area contributed by atoms with Gasteiger partial charge < -0.3 is 4.90 Å². The Kier molecular flexibility index (Phi) is 4.19. The monoisotopic (exact) mass is 180 g/mol. The third-order valence-corrected chi connectivity index (χ3v) is 2.18. The number of nitrogens with zero attached hydrogens (tertiary/aromatic N) is 2. The fourth-order valence-electron chi connectivity index (χ4n) is 0.976. The van der Waals surface area contributed by atoms with Crippen LogP contribution in [0.3, 0.4) is 0 Å². The summed E-state index contributed by atoms with van der Waals surface area (Å²) in [6.07, 6.45) is 2.18. The van der Waals surface area contributed by atoms with Crippen molar-refractivity contribution in [2.45, 2.75) is 20.3 Å². The normalized spacial score (nSPS) is 14.0. The van der Waals surface area contributed by atoms with Crippen LogP contribution in [0.1, 0.15) is 20.3 Å². The summed E-state index contributed by atoms with van der Waals surface area (Å²) >= 11 is 0. The van der Waals surface area contributed by atoms with E-state index in [1.165, 1.54) is 4.90 Å². The maximum atomic E-state index is 11.7. The van der Waals surface area contributed by atoms with E-state index >= 15 is 0 Å². The van der Waals surface area contributed by atoms with Crippen molar-refractivity contribution in [1.82, 2.24) is 4.90 Å². The van der Waals surface area contributed by atoms with Crippen LogP contribution in [0.25, 0.3) is 0 Å². The summed E-state index contributed by atoms with van der Waals surface area (Å²) in [4.78, 5) is 13.2. The van der Waals surface area contributed by atoms with E-state index in [2.05, 4.69) is 6.58 Å². The largest absolute Gasteiger partial charge is 0.341 e. The molecule has 0 fully saturated rings. The maximum Gasteiger partial charge on any atom is 0.242 e. The Balaban J connectivity index is 4.57. The molecule has 1 atom stereocenters. The van der Waals surface area contributed by atoms with E-state index in [0.29, 0.717) is 13.0 Å². The Morgan fingerprint density at radius 3 is 2.62 bits per heavy atom. The molecule has 0 N–H and O–H groups in total. The van der Waals surface area contributed by atoms with Gasteiger partial charge in [0.15, 0.2) is 0 Å². The third-order valence-electron chi connectivity index (χ3n) is 2.18. The van der Waals surface area contributed by atoms with Crippen LogP contribution in [0.4, 0.5) is 0 Å². The molecule has 13 heavy (non-hydrogen) atoms. The molecular weight excluding hydrogens is 164 g/mol. The highest BCUT2D eigenvalue weighted by atomic mass is 16.2. The van der Waals surface area contributed by atoms with Crippen LogP contribution in [-0.2, 0) is 4.79 Å². The zero-order valence-corrected chi connectivity index (χ0v) is 8.50. The van der Waals surface area contributed by atoms with E-state index in [1.54, 1.807) is 20.0 Å². The lowest BCUT2D eigenvalue weighted by atomic mass is 9.88. The van der Waals surface area contributed by atoms with E-state index in [4.69, 9.17) is 5.26 Å². The predicted molar refractivity (Wildman–Crippen MR) is 51.8 cm³/mol. The Morgan fingerprint density at radius 2 is 2.31 bits per heavy atom. The number of hydrogen-bond acceptors (Lipinski definition) is 2. The summed E-state index contributed by atoms with van der Waals surface area (Å²) in [7, 11) is 1.68. The molecule has 1 amide bonds. The lowest BCUT2D eigenvalue weighted by Gasteiger charge is -2.24. The highest BCUT2D eigenvalue weighted by Crippen LogP contribution is 2.22. The standard InChI is InChI=1S/C10H16N2O/c1-5-7-12(4)9(13)10(3,6-2)8-11/h5H,1,6-7H2,2-4H3. The Morgan fingerprint density at radius 1 is 1.77 bits per heavy atom. The van der Waals surface area contributed by atoms with E-state index in [1.807, 2.05) is 13.0 Å². The Hall–Kier alpha value is -1.30. The molecule has 0 aromatic heterocycles. The summed E-state index contributed by atoms with van der Waals surface area (Å²) in [6.45, 7) is 7.52. The molecule has 3 nitrogen and oxygen atoms in total. The molecule has 72 valence electrons. The molecule has 0 saturated carbocycles. The number of carbonyl (C=O) groups excluding carboxylic acids is 1. The van der Waals surface area contributed by atoms with Crippen LogP contribution in [0.2, 0.25) is 0 Å². The fourth-order valence-corrected chi connectivity index (χ4v) is 0.976. The van der Waals surface area contributed by atoms with Gasteiger partial charge in [-0.2, -0.15) is 5.26 Å². The quantitative estimate of drug-likeness (QED) is 0.616. The zero-order chi connectivity index (χ0) is 10.5. The summed E-state index contributed by atoms with van der Waals surface area (Å²) in [5, 5.41) is 8.85. The molecule has 3 heteroatoms. The van der Waals surface area contributed by atoms with Crippen molar-refractivity contribution >= 4 is 5.91 Å². The van der Waals surface area contributed by atoms with E-state index < -0.39 is 5.41 Å². The minimum absolute atomic E-state index is 0.141. The second kappa shape index (κ2) is 4.66. The zero-order valence-electron chi connectivity index (χ0n) is 8.50. The third kappa shape index (κ3) is 2.59. The van der Waals surface area contributed by atoms with Crippen molar-refractivity contribution in [1.29, 1.82) is 5.26 Å². The van der Waals surface area contributed by atoms with Crippen LogP contribution >= 0.6 is 0 Å². The van der Waals surface area contributed by atoms with Gasteiger partial charge in [0.05, 0.1) is 6.07 Å². The van der Waals surface area contributed by atoms with Crippen molar-refractivity contribution in [3.8, 4) is 6.07 Å². The second-order valence-electron chi connectivity index (χ2n) is 3.27. The van der Waals surface area contributed by atoms with Gasteiger partial charge in [-0.1, -0.05) is 13.0 Å². The first-order valence-corrected chi connectivity index (χ1v) is 4.29. The number of likely N-dealkylation sites (N-methyl/N-ethyl adjacent to an activating group) is 1. The molecule has 0 heterocycles. The Labute approximate surface area is 79.6 Å². The van der Waals surface area contributed by atoms with Crippen molar-refractivity contribution in [3.63, 3.8) is 0 Å². The van der Waals surface area contributed by atoms with Crippen LogP contribution in [0.15, 0.2) is 12.7 Å². The molecule has 0 aromatic carbocycles. The first-order chi connectivity index (χ1) is 6.01. The number of rotatable bonds is 4. The smallest absolute Gasteiger partial charge is 0.242 e. The molecule has 0 aliphatic rings. The topological polar surface area (TPSA) is 44.1 Å². The van der Waals surface area contributed by atoms with Crippen LogP contribution in [-0.4, -0.2) is 24.4 Å². The van der Waals surface area contributed by atoms with Crippen LogP contribution in [0.5, 0.6) is 0 Å². The van der Waals surface area contributed by atoms with Gasteiger partial charge in [0, 0.05) is 13.6 Å². The lowest BCUT2D eigenvalue weighted by Crippen LogP contribution is -2.39. The van der Waals surface area contributed by atoms with Crippen molar-refractivity contribution < 1.29 is 4.79 Å². The maximum absolute atomic E-state index is 11.7. The Bertz CT molecular complexity index is 242. The molecule has 0 saturated heterocycles. The molecule has 0 spiro atoms.